The minimum Gasteiger partial charge on any atom is -0.367 e. The molecule has 0 saturated heterocycles. The van der Waals surface area contributed by atoms with Crippen LogP contribution in [0, 0.1) is 12.8 Å². The van der Waals surface area contributed by atoms with Crippen LogP contribution >= 0.6 is 11.3 Å². The molecule has 6 nitrogen and oxygen atoms in total. The van der Waals surface area contributed by atoms with Gasteiger partial charge in [-0.15, -0.1) is 11.3 Å². The second-order valence-electron chi connectivity index (χ2n) is 7.76. The second-order valence-corrected chi connectivity index (χ2v) is 8.64. The molecule has 2 N–H and O–H groups in total. The fraction of sp³-hybridized carbons (Fsp3) is 0.429. The van der Waals surface area contributed by atoms with Gasteiger partial charge >= 0.3 is 6.18 Å². The Labute approximate surface area is 181 Å². The minimum absolute atomic E-state index is 0.00937. The molecule has 3 aromatic rings. The molecule has 1 aliphatic carbocycles. The number of nitrogens with zero attached hydrogens (tertiary/aromatic N) is 3. The summed E-state index contributed by atoms with van der Waals surface area (Å²) in [5.41, 5.74) is 3.49. The van der Waals surface area contributed by atoms with E-state index < -0.39 is 12.0 Å². The first kappa shape index (κ1) is 21.5. The number of alkyl halides is 3. The molecule has 1 amide bonds. The largest absolute Gasteiger partial charge is 0.451 e. The predicted octanol–water partition coefficient (Wildman–Crippen LogP) is 4.80. The number of rotatable bonds is 4. The molecule has 1 saturated carbocycles. The predicted molar refractivity (Wildman–Crippen MR) is 114 cm³/mol. The van der Waals surface area contributed by atoms with E-state index in [4.69, 9.17) is 0 Å². The average molecular weight is 450 g/mol. The Morgan fingerprint density at radius 2 is 1.90 bits per heavy atom. The number of anilines is 1. The van der Waals surface area contributed by atoms with E-state index >= 15 is 0 Å². The Morgan fingerprint density at radius 3 is 2.52 bits per heavy atom. The SMILES string of the molecule is CNC(=O)[C@H]1CC[C@@H](Nc2nc(C(F)(F)F)nc3c(C)cc(-c4cncs4)cc23)CC1. The Hall–Kier alpha value is -2.75. The van der Waals surface area contributed by atoms with Gasteiger partial charge < -0.3 is 10.6 Å². The van der Waals surface area contributed by atoms with E-state index in [1.165, 1.54) is 11.3 Å². The number of nitrogens with one attached hydrogen (secondary N) is 2. The minimum atomic E-state index is -4.65. The lowest BCUT2D eigenvalue weighted by molar-refractivity contribution is -0.144. The Kier molecular flexibility index (Phi) is 5.83. The highest BCUT2D eigenvalue weighted by Crippen LogP contribution is 2.36. The molecule has 2 heterocycles. The van der Waals surface area contributed by atoms with Crippen molar-refractivity contribution in [2.45, 2.75) is 44.8 Å². The molecule has 1 aromatic carbocycles. The molecule has 10 heteroatoms. The molecule has 4 rings (SSSR count). The summed E-state index contributed by atoms with van der Waals surface area (Å²) in [4.78, 5) is 24.6. The zero-order valence-electron chi connectivity index (χ0n) is 17.1. The third kappa shape index (κ3) is 4.48. The fourth-order valence-electron chi connectivity index (χ4n) is 4.04. The fourth-order valence-corrected chi connectivity index (χ4v) is 4.65. The summed E-state index contributed by atoms with van der Waals surface area (Å²) in [7, 11) is 1.61. The zero-order valence-corrected chi connectivity index (χ0v) is 17.9. The molecule has 0 bridgehead atoms. The van der Waals surface area contributed by atoms with Crippen molar-refractivity contribution in [2.24, 2.45) is 5.92 Å². The van der Waals surface area contributed by atoms with Gasteiger partial charge in [0.2, 0.25) is 11.7 Å². The van der Waals surface area contributed by atoms with E-state index in [2.05, 4.69) is 25.6 Å². The molecule has 31 heavy (non-hydrogen) atoms. The second kappa shape index (κ2) is 8.41. The summed E-state index contributed by atoms with van der Waals surface area (Å²) in [6.07, 6.45) is -0.209. The van der Waals surface area contributed by atoms with Crippen molar-refractivity contribution in [2.75, 3.05) is 12.4 Å². The number of hydrogen-bond acceptors (Lipinski definition) is 6. The number of hydrogen-bond donors (Lipinski definition) is 2. The van der Waals surface area contributed by atoms with Crippen LogP contribution in [0.5, 0.6) is 0 Å². The summed E-state index contributed by atoms with van der Waals surface area (Å²) in [5.74, 6) is -1.03. The van der Waals surface area contributed by atoms with Gasteiger partial charge in [-0.1, -0.05) is 0 Å². The van der Waals surface area contributed by atoms with Gasteiger partial charge in [-0.2, -0.15) is 13.2 Å². The standard InChI is InChI=1S/C21H22F3N5OS/c1-11-7-13(16-9-26-10-31-16)8-15-17(11)28-20(21(22,23)24)29-18(15)27-14-5-3-12(4-6-14)19(30)25-2/h7-10,12,14H,3-6H2,1-2H3,(H,25,30)(H,27,28,29)/t12-,14+. The van der Waals surface area contributed by atoms with Gasteiger partial charge in [0.05, 0.1) is 15.9 Å². The number of halogens is 3. The van der Waals surface area contributed by atoms with E-state index in [1.54, 1.807) is 25.7 Å². The molecule has 0 atom stereocenters. The maximum absolute atomic E-state index is 13.5. The van der Waals surface area contributed by atoms with Crippen LogP contribution in [0.15, 0.2) is 23.8 Å². The summed E-state index contributed by atoms with van der Waals surface area (Å²) in [5, 5.41) is 6.43. The molecule has 1 fully saturated rings. The number of aromatic nitrogens is 3. The van der Waals surface area contributed by atoms with Crippen LogP contribution in [0.4, 0.5) is 19.0 Å². The lowest BCUT2D eigenvalue weighted by Gasteiger charge is -2.29. The average Bonchev–Trinajstić information content (AvgIpc) is 3.28. The maximum Gasteiger partial charge on any atom is 0.451 e. The van der Waals surface area contributed by atoms with Crippen molar-refractivity contribution in [3.8, 4) is 10.4 Å². The smallest absolute Gasteiger partial charge is 0.367 e. The van der Waals surface area contributed by atoms with Gasteiger partial charge in [-0.3, -0.25) is 9.78 Å². The molecule has 164 valence electrons. The molecular weight excluding hydrogens is 427 g/mol. The summed E-state index contributed by atoms with van der Waals surface area (Å²) < 4.78 is 40.5. The van der Waals surface area contributed by atoms with E-state index in [0.29, 0.717) is 36.6 Å². The molecule has 1 aliphatic rings. The molecule has 0 radical (unpaired) electrons. The molecule has 2 aromatic heterocycles. The van der Waals surface area contributed by atoms with E-state index in [0.717, 1.165) is 10.4 Å². The van der Waals surface area contributed by atoms with Gasteiger partial charge in [0.1, 0.15) is 5.82 Å². The number of carbonyl (C=O) groups is 1. The monoisotopic (exact) mass is 449 g/mol. The van der Waals surface area contributed by atoms with Crippen molar-refractivity contribution < 1.29 is 18.0 Å². The number of thiazole rings is 1. The van der Waals surface area contributed by atoms with Crippen molar-refractivity contribution in [3.63, 3.8) is 0 Å². The molecule has 0 unspecified atom stereocenters. The maximum atomic E-state index is 13.5. The number of fused-ring (bicyclic) bond motifs is 1. The van der Waals surface area contributed by atoms with Crippen LogP contribution in [-0.2, 0) is 11.0 Å². The number of benzene rings is 1. The molecule has 0 spiro atoms. The van der Waals surface area contributed by atoms with Crippen molar-refractivity contribution in [1.82, 2.24) is 20.3 Å². The highest BCUT2D eigenvalue weighted by Gasteiger charge is 2.36. The summed E-state index contributed by atoms with van der Waals surface area (Å²) in [6, 6.07) is 3.57. The first-order chi connectivity index (χ1) is 14.8. The Morgan fingerprint density at radius 1 is 1.16 bits per heavy atom. The topological polar surface area (TPSA) is 79.8 Å². The van der Waals surface area contributed by atoms with Gasteiger partial charge in [0.15, 0.2) is 0 Å². The highest BCUT2D eigenvalue weighted by molar-refractivity contribution is 7.13. The number of aryl methyl sites for hydroxylation is 1. The van der Waals surface area contributed by atoms with Gasteiger partial charge in [0, 0.05) is 30.6 Å². The van der Waals surface area contributed by atoms with Gasteiger partial charge in [0.25, 0.3) is 0 Å². The Balaban J connectivity index is 1.72. The lowest BCUT2D eigenvalue weighted by atomic mass is 9.85. The third-order valence-electron chi connectivity index (χ3n) is 5.65. The summed E-state index contributed by atoms with van der Waals surface area (Å²) in [6.45, 7) is 1.75. The van der Waals surface area contributed by atoms with Crippen LogP contribution in [-0.4, -0.2) is 33.9 Å². The lowest BCUT2D eigenvalue weighted by Crippen LogP contribution is -2.34. The van der Waals surface area contributed by atoms with Crippen molar-refractivity contribution >= 4 is 34.0 Å². The van der Waals surface area contributed by atoms with E-state index in [1.807, 2.05) is 12.1 Å². The first-order valence-electron chi connectivity index (χ1n) is 10.0. The van der Waals surface area contributed by atoms with E-state index in [-0.39, 0.29) is 29.2 Å². The van der Waals surface area contributed by atoms with Crippen LogP contribution in [0.2, 0.25) is 0 Å². The first-order valence-corrected chi connectivity index (χ1v) is 10.9. The normalized spacial score (nSPS) is 19.4. The van der Waals surface area contributed by atoms with Crippen LogP contribution < -0.4 is 10.6 Å². The zero-order chi connectivity index (χ0) is 22.2. The van der Waals surface area contributed by atoms with Gasteiger partial charge in [-0.25, -0.2) is 9.97 Å². The summed E-state index contributed by atoms with van der Waals surface area (Å²) >= 11 is 1.46. The highest BCUT2D eigenvalue weighted by atomic mass is 32.1. The molecule has 0 aliphatic heterocycles. The third-order valence-corrected chi connectivity index (χ3v) is 6.47. The van der Waals surface area contributed by atoms with E-state index in [9.17, 15) is 18.0 Å². The van der Waals surface area contributed by atoms with Crippen molar-refractivity contribution in [3.05, 3.63) is 35.2 Å². The van der Waals surface area contributed by atoms with Crippen LogP contribution in [0.25, 0.3) is 21.3 Å². The Bertz CT molecular complexity index is 1090. The van der Waals surface area contributed by atoms with Crippen molar-refractivity contribution in [1.29, 1.82) is 0 Å². The number of amides is 1. The number of carbonyl (C=O) groups excluding carboxylic acids is 1. The van der Waals surface area contributed by atoms with Gasteiger partial charge in [-0.05, 0) is 55.9 Å². The molecular formula is C21H22F3N5OS. The quantitative estimate of drug-likeness (QED) is 0.598. The van der Waals surface area contributed by atoms with Crippen LogP contribution in [0.3, 0.4) is 0 Å². The van der Waals surface area contributed by atoms with Crippen LogP contribution in [0.1, 0.15) is 37.1 Å².